The van der Waals surface area contributed by atoms with Gasteiger partial charge in [0.1, 0.15) is 0 Å². The van der Waals surface area contributed by atoms with Crippen LogP contribution in [0.3, 0.4) is 0 Å². The lowest BCUT2D eigenvalue weighted by Crippen LogP contribution is -2.38. The highest BCUT2D eigenvalue weighted by Crippen LogP contribution is 2.22. The molecule has 0 fully saturated rings. The Morgan fingerprint density at radius 1 is 1.44 bits per heavy atom. The molecule has 0 saturated carbocycles. The van der Waals surface area contributed by atoms with E-state index in [1.165, 1.54) is 0 Å². The van der Waals surface area contributed by atoms with Crippen molar-refractivity contribution in [1.29, 1.82) is 0 Å². The molecule has 0 saturated heterocycles. The fraction of sp³-hybridized carbons (Fsp3) is 0.417. The standard InChI is InChI=1S/C12H17Cl2N3O/c1-8(2)17(7-12(15)16-18)6-9-3-4-10(13)5-11(9)14/h3-5,8,18H,6-7H2,1-2H3,(H2,15,16). The van der Waals surface area contributed by atoms with Crippen LogP contribution in [0, 0.1) is 0 Å². The smallest absolute Gasteiger partial charge is 0.153 e. The second kappa shape index (κ2) is 6.83. The van der Waals surface area contributed by atoms with Gasteiger partial charge in [-0.3, -0.25) is 4.90 Å². The maximum Gasteiger partial charge on any atom is 0.153 e. The average molecular weight is 290 g/mol. The highest BCUT2D eigenvalue weighted by atomic mass is 35.5. The number of rotatable bonds is 5. The van der Waals surface area contributed by atoms with Gasteiger partial charge in [0.2, 0.25) is 0 Å². The van der Waals surface area contributed by atoms with Crippen LogP contribution in [-0.2, 0) is 6.54 Å². The van der Waals surface area contributed by atoms with Gasteiger partial charge in [0, 0.05) is 22.6 Å². The van der Waals surface area contributed by atoms with E-state index >= 15 is 0 Å². The maximum absolute atomic E-state index is 8.62. The van der Waals surface area contributed by atoms with Gasteiger partial charge in [0.05, 0.1) is 6.54 Å². The molecular formula is C12H17Cl2N3O. The fourth-order valence-electron chi connectivity index (χ4n) is 1.53. The molecule has 0 heterocycles. The van der Waals surface area contributed by atoms with Crippen LogP contribution in [-0.4, -0.2) is 28.5 Å². The lowest BCUT2D eigenvalue weighted by atomic mass is 10.2. The second-order valence-corrected chi connectivity index (χ2v) is 5.17. The largest absolute Gasteiger partial charge is 0.409 e. The number of benzene rings is 1. The summed E-state index contributed by atoms with van der Waals surface area (Å²) in [7, 11) is 0. The average Bonchev–Trinajstić information content (AvgIpc) is 2.30. The summed E-state index contributed by atoms with van der Waals surface area (Å²) >= 11 is 12.0. The topological polar surface area (TPSA) is 61.8 Å². The summed E-state index contributed by atoms with van der Waals surface area (Å²) in [5.41, 5.74) is 6.49. The number of halogens is 2. The van der Waals surface area contributed by atoms with Gasteiger partial charge < -0.3 is 10.9 Å². The minimum absolute atomic E-state index is 0.175. The molecule has 0 radical (unpaired) electrons. The van der Waals surface area contributed by atoms with Gasteiger partial charge in [-0.05, 0) is 31.5 Å². The van der Waals surface area contributed by atoms with Crippen LogP contribution >= 0.6 is 23.2 Å². The van der Waals surface area contributed by atoms with Crippen molar-refractivity contribution in [2.24, 2.45) is 10.9 Å². The zero-order chi connectivity index (χ0) is 13.7. The first-order valence-corrected chi connectivity index (χ1v) is 6.34. The Bertz CT molecular complexity index is 435. The van der Waals surface area contributed by atoms with Crippen LogP contribution in [0.25, 0.3) is 0 Å². The monoisotopic (exact) mass is 289 g/mol. The normalized spacial score (nSPS) is 12.4. The summed E-state index contributed by atoms with van der Waals surface area (Å²) in [6, 6.07) is 5.63. The van der Waals surface area contributed by atoms with Crippen molar-refractivity contribution in [1.82, 2.24) is 4.90 Å². The van der Waals surface area contributed by atoms with E-state index in [2.05, 4.69) is 5.16 Å². The molecule has 4 nitrogen and oxygen atoms in total. The first-order valence-electron chi connectivity index (χ1n) is 5.58. The van der Waals surface area contributed by atoms with Crippen LogP contribution in [0.1, 0.15) is 19.4 Å². The van der Waals surface area contributed by atoms with E-state index in [-0.39, 0.29) is 11.9 Å². The van der Waals surface area contributed by atoms with E-state index in [0.29, 0.717) is 23.1 Å². The highest BCUT2D eigenvalue weighted by molar-refractivity contribution is 6.35. The summed E-state index contributed by atoms with van der Waals surface area (Å²) in [5.74, 6) is 0.175. The number of nitrogens with two attached hydrogens (primary N) is 1. The highest BCUT2D eigenvalue weighted by Gasteiger charge is 2.14. The molecule has 100 valence electrons. The Hall–Kier alpha value is -0.970. The van der Waals surface area contributed by atoms with Crippen molar-refractivity contribution in [3.8, 4) is 0 Å². The number of nitrogens with zero attached hydrogens (tertiary/aromatic N) is 2. The molecule has 0 unspecified atom stereocenters. The van der Waals surface area contributed by atoms with Crippen LogP contribution < -0.4 is 5.73 Å². The SMILES string of the molecule is CC(C)N(CC(N)=NO)Cc1ccc(Cl)cc1Cl. The third-order valence-electron chi connectivity index (χ3n) is 2.61. The van der Waals surface area contributed by atoms with E-state index < -0.39 is 0 Å². The lowest BCUT2D eigenvalue weighted by Gasteiger charge is -2.26. The minimum Gasteiger partial charge on any atom is -0.409 e. The van der Waals surface area contributed by atoms with Crippen LogP contribution in [0.2, 0.25) is 10.0 Å². The molecule has 18 heavy (non-hydrogen) atoms. The zero-order valence-corrected chi connectivity index (χ0v) is 11.9. The molecule has 3 N–H and O–H groups in total. The lowest BCUT2D eigenvalue weighted by molar-refractivity contribution is 0.238. The number of hydrogen-bond acceptors (Lipinski definition) is 3. The maximum atomic E-state index is 8.62. The molecule has 0 spiro atoms. The molecular weight excluding hydrogens is 273 g/mol. The van der Waals surface area contributed by atoms with Gasteiger partial charge in [0.15, 0.2) is 5.84 Å². The van der Waals surface area contributed by atoms with E-state index in [1.54, 1.807) is 12.1 Å². The first kappa shape index (κ1) is 15.1. The summed E-state index contributed by atoms with van der Waals surface area (Å²) in [6.07, 6.45) is 0. The van der Waals surface area contributed by atoms with Gasteiger partial charge in [-0.2, -0.15) is 0 Å². The van der Waals surface area contributed by atoms with Gasteiger partial charge in [-0.15, -0.1) is 0 Å². The third-order valence-corrected chi connectivity index (χ3v) is 3.20. The minimum atomic E-state index is 0.175. The quantitative estimate of drug-likeness (QED) is 0.379. The summed E-state index contributed by atoms with van der Waals surface area (Å²) < 4.78 is 0. The number of oxime groups is 1. The predicted molar refractivity (Wildman–Crippen MR) is 75.4 cm³/mol. The molecule has 6 heteroatoms. The summed E-state index contributed by atoms with van der Waals surface area (Å²) in [6.45, 7) is 5.07. The molecule has 1 aromatic carbocycles. The third kappa shape index (κ3) is 4.37. The van der Waals surface area contributed by atoms with Crippen LogP contribution in [0.4, 0.5) is 0 Å². The first-order chi connectivity index (χ1) is 8.43. The summed E-state index contributed by atoms with van der Waals surface area (Å²) in [4.78, 5) is 2.05. The Morgan fingerprint density at radius 2 is 2.11 bits per heavy atom. The van der Waals surface area contributed by atoms with E-state index in [4.69, 9.17) is 34.1 Å². The van der Waals surface area contributed by atoms with Crippen molar-refractivity contribution in [2.75, 3.05) is 6.54 Å². The van der Waals surface area contributed by atoms with Crippen molar-refractivity contribution in [3.05, 3.63) is 33.8 Å². The van der Waals surface area contributed by atoms with E-state index in [1.807, 2.05) is 24.8 Å². The van der Waals surface area contributed by atoms with Crippen LogP contribution in [0.5, 0.6) is 0 Å². The van der Waals surface area contributed by atoms with Crippen molar-refractivity contribution in [2.45, 2.75) is 26.4 Å². The fourth-order valence-corrected chi connectivity index (χ4v) is 2.00. The molecule has 1 rings (SSSR count). The number of amidine groups is 1. The molecule has 0 atom stereocenters. The molecule has 0 aliphatic rings. The Morgan fingerprint density at radius 3 is 2.61 bits per heavy atom. The van der Waals surface area contributed by atoms with Crippen molar-refractivity contribution < 1.29 is 5.21 Å². The van der Waals surface area contributed by atoms with E-state index in [9.17, 15) is 0 Å². The zero-order valence-electron chi connectivity index (χ0n) is 10.4. The van der Waals surface area contributed by atoms with Crippen molar-refractivity contribution >= 4 is 29.0 Å². The Labute approximate surface area is 117 Å². The molecule has 0 aromatic heterocycles. The second-order valence-electron chi connectivity index (χ2n) is 4.33. The van der Waals surface area contributed by atoms with Gasteiger partial charge in [0.25, 0.3) is 0 Å². The van der Waals surface area contributed by atoms with Gasteiger partial charge >= 0.3 is 0 Å². The molecule has 1 aromatic rings. The number of hydrogen-bond donors (Lipinski definition) is 2. The molecule has 0 aliphatic heterocycles. The van der Waals surface area contributed by atoms with Gasteiger partial charge in [-0.25, -0.2) is 0 Å². The van der Waals surface area contributed by atoms with E-state index in [0.717, 1.165) is 5.56 Å². The molecule has 0 amide bonds. The van der Waals surface area contributed by atoms with Crippen LogP contribution in [0.15, 0.2) is 23.4 Å². The molecule has 0 bridgehead atoms. The Kier molecular flexibility index (Phi) is 5.72. The molecule has 0 aliphatic carbocycles. The predicted octanol–water partition coefficient (Wildman–Crippen LogP) is 2.95. The van der Waals surface area contributed by atoms with Crippen molar-refractivity contribution in [3.63, 3.8) is 0 Å². The Balaban J connectivity index is 2.83. The van der Waals surface area contributed by atoms with Gasteiger partial charge in [-0.1, -0.05) is 34.4 Å². The summed E-state index contributed by atoms with van der Waals surface area (Å²) in [5, 5.41) is 12.8.